The SMILES string of the molecule is CC(C)(C)OC(=O)N[C@@H](CCC#Cc1c(Br)cncc1Br)C(=O)OCc1ccccc1. The van der Waals surface area contributed by atoms with E-state index in [2.05, 4.69) is 54.0 Å². The van der Waals surface area contributed by atoms with E-state index < -0.39 is 23.7 Å². The maximum atomic E-state index is 12.6. The largest absolute Gasteiger partial charge is 0.459 e. The highest BCUT2D eigenvalue weighted by atomic mass is 79.9. The van der Waals surface area contributed by atoms with E-state index in [0.717, 1.165) is 20.1 Å². The fraction of sp³-hybridized carbons (Fsp3) is 0.348. The summed E-state index contributed by atoms with van der Waals surface area (Å²) in [4.78, 5) is 28.9. The third-order valence-electron chi connectivity index (χ3n) is 3.82. The molecular formula is C23H24Br2N2O4. The average Bonchev–Trinajstić information content (AvgIpc) is 2.69. The first-order chi connectivity index (χ1) is 14.7. The number of hydrogen-bond acceptors (Lipinski definition) is 5. The average molecular weight is 552 g/mol. The zero-order valence-corrected chi connectivity index (χ0v) is 20.7. The first-order valence-corrected chi connectivity index (χ1v) is 11.2. The number of nitrogens with one attached hydrogen (secondary N) is 1. The molecular weight excluding hydrogens is 528 g/mol. The van der Waals surface area contributed by atoms with Crippen LogP contribution >= 0.6 is 31.9 Å². The molecule has 1 amide bonds. The van der Waals surface area contributed by atoms with Gasteiger partial charge >= 0.3 is 12.1 Å². The van der Waals surface area contributed by atoms with Crippen LogP contribution in [-0.2, 0) is 20.9 Å². The van der Waals surface area contributed by atoms with Crippen LogP contribution in [0.15, 0.2) is 51.7 Å². The normalized spacial score (nSPS) is 11.6. The quantitative estimate of drug-likeness (QED) is 0.385. The molecule has 164 valence electrons. The third kappa shape index (κ3) is 9.11. The van der Waals surface area contributed by atoms with Gasteiger partial charge in [-0.15, -0.1) is 0 Å². The molecule has 0 radical (unpaired) electrons. The van der Waals surface area contributed by atoms with Gasteiger partial charge in [-0.25, -0.2) is 9.59 Å². The minimum Gasteiger partial charge on any atom is -0.459 e. The van der Waals surface area contributed by atoms with Gasteiger partial charge in [0.2, 0.25) is 0 Å². The van der Waals surface area contributed by atoms with Gasteiger partial charge in [0.15, 0.2) is 0 Å². The molecule has 6 nitrogen and oxygen atoms in total. The minimum atomic E-state index is -0.878. The summed E-state index contributed by atoms with van der Waals surface area (Å²) in [6, 6.07) is 8.46. The summed E-state index contributed by atoms with van der Waals surface area (Å²) in [7, 11) is 0. The van der Waals surface area contributed by atoms with E-state index in [-0.39, 0.29) is 13.0 Å². The van der Waals surface area contributed by atoms with Gasteiger partial charge in [-0.3, -0.25) is 4.98 Å². The molecule has 2 aromatic rings. The molecule has 0 bridgehead atoms. The van der Waals surface area contributed by atoms with Gasteiger partial charge in [-0.2, -0.15) is 0 Å². The van der Waals surface area contributed by atoms with Crippen molar-refractivity contribution in [3.8, 4) is 11.8 Å². The lowest BCUT2D eigenvalue weighted by Gasteiger charge is -2.22. The number of pyridine rings is 1. The van der Waals surface area contributed by atoms with Crippen LogP contribution in [-0.4, -0.2) is 28.7 Å². The Bertz CT molecular complexity index is 943. The van der Waals surface area contributed by atoms with E-state index in [1.807, 2.05) is 30.3 Å². The molecule has 0 aliphatic rings. The molecule has 0 aliphatic heterocycles. The van der Waals surface area contributed by atoms with E-state index in [1.54, 1.807) is 33.2 Å². The fourth-order valence-corrected chi connectivity index (χ4v) is 3.55. The maximum Gasteiger partial charge on any atom is 0.408 e. The summed E-state index contributed by atoms with van der Waals surface area (Å²) in [6.45, 7) is 5.39. The van der Waals surface area contributed by atoms with E-state index in [1.165, 1.54) is 0 Å². The minimum absolute atomic E-state index is 0.120. The Kier molecular flexibility index (Phi) is 9.53. The Balaban J connectivity index is 2.03. The summed E-state index contributed by atoms with van der Waals surface area (Å²) in [5, 5.41) is 2.60. The molecule has 2 rings (SSSR count). The molecule has 0 saturated heterocycles. The Morgan fingerprint density at radius 3 is 2.39 bits per heavy atom. The van der Waals surface area contributed by atoms with Gasteiger partial charge in [0.1, 0.15) is 18.2 Å². The Morgan fingerprint density at radius 1 is 1.13 bits per heavy atom. The monoisotopic (exact) mass is 550 g/mol. The highest BCUT2D eigenvalue weighted by molar-refractivity contribution is 9.11. The molecule has 0 spiro atoms. The lowest BCUT2D eigenvalue weighted by atomic mass is 10.1. The van der Waals surface area contributed by atoms with Crippen LogP contribution in [0.5, 0.6) is 0 Å². The summed E-state index contributed by atoms with van der Waals surface area (Å²) in [5.41, 5.74) is 0.944. The van der Waals surface area contributed by atoms with Crippen molar-refractivity contribution in [1.82, 2.24) is 10.3 Å². The first kappa shape index (κ1) is 24.9. The number of benzene rings is 1. The number of hydrogen-bond donors (Lipinski definition) is 1. The fourth-order valence-electron chi connectivity index (χ4n) is 2.43. The van der Waals surface area contributed by atoms with E-state index >= 15 is 0 Å². The second kappa shape index (κ2) is 11.9. The van der Waals surface area contributed by atoms with E-state index in [9.17, 15) is 9.59 Å². The Hall–Kier alpha value is -2.37. The van der Waals surface area contributed by atoms with Gasteiger partial charge in [-0.05, 0) is 64.6 Å². The lowest BCUT2D eigenvalue weighted by molar-refractivity contribution is -0.147. The van der Waals surface area contributed by atoms with Crippen LogP contribution in [0.4, 0.5) is 4.79 Å². The number of nitrogens with zero attached hydrogens (tertiary/aromatic N) is 1. The standard InChI is InChI=1S/C23H24Br2N2O4/c1-23(2,3)31-22(29)27-20(21(28)30-15-16-9-5-4-6-10-16)12-8-7-11-17-18(24)13-26-14-19(17)25/h4-6,9-10,13-14,20H,8,12,15H2,1-3H3,(H,27,29)/t20-/m0/s1. The van der Waals surface area contributed by atoms with Crippen molar-refractivity contribution < 1.29 is 19.1 Å². The van der Waals surface area contributed by atoms with Crippen molar-refractivity contribution in [2.24, 2.45) is 0 Å². The molecule has 0 saturated carbocycles. The molecule has 1 atom stereocenters. The van der Waals surface area contributed by atoms with Crippen LogP contribution in [0, 0.1) is 11.8 Å². The van der Waals surface area contributed by atoms with Crippen molar-refractivity contribution in [3.63, 3.8) is 0 Å². The van der Waals surface area contributed by atoms with Crippen LogP contribution in [0.1, 0.15) is 44.7 Å². The van der Waals surface area contributed by atoms with Crippen LogP contribution in [0.25, 0.3) is 0 Å². The third-order valence-corrected chi connectivity index (χ3v) is 5.03. The number of ether oxygens (including phenoxy) is 2. The highest BCUT2D eigenvalue weighted by Gasteiger charge is 2.25. The number of alkyl carbamates (subject to hydrolysis) is 1. The van der Waals surface area contributed by atoms with Gasteiger partial charge in [-0.1, -0.05) is 42.2 Å². The van der Waals surface area contributed by atoms with Gasteiger partial charge in [0.25, 0.3) is 0 Å². The van der Waals surface area contributed by atoms with E-state index in [0.29, 0.717) is 6.42 Å². The van der Waals surface area contributed by atoms with Crippen LogP contribution in [0.2, 0.25) is 0 Å². The Labute approximate surface area is 199 Å². The molecule has 31 heavy (non-hydrogen) atoms. The smallest absolute Gasteiger partial charge is 0.408 e. The molecule has 1 heterocycles. The Morgan fingerprint density at radius 2 is 1.77 bits per heavy atom. The number of amides is 1. The second-order valence-corrected chi connectivity index (χ2v) is 9.32. The lowest BCUT2D eigenvalue weighted by Crippen LogP contribution is -2.44. The zero-order chi connectivity index (χ0) is 22.9. The number of carbonyl (C=O) groups excluding carboxylic acids is 2. The van der Waals surface area contributed by atoms with Crippen LogP contribution < -0.4 is 5.32 Å². The maximum absolute atomic E-state index is 12.6. The van der Waals surface area contributed by atoms with Crippen molar-refractivity contribution in [3.05, 3.63) is 62.8 Å². The second-order valence-electron chi connectivity index (χ2n) is 7.61. The predicted molar refractivity (Wildman–Crippen MR) is 125 cm³/mol. The number of esters is 1. The topological polar surface area (TPSA) is 77.5 Å². The molecule has 1 N–H and O–H groups in total. The molecule has 0 unspecified atom stereocenters. The zero-order valence-electron chi connectivity index (χ0n) is 17.6. The first-order valence-electron chi connectivity index (χ1n) is 9.63. The summed E-state index contributed by atoms with van der Waals surface area (Å²) in [6.07, 6.45) is 3.27. The summed E-state index contributed by atoms with van der Waals surface area (Å²) < 4.78 is 12.2. The number of rotatable bonds is 6. The van der Waals surface area contributed by atoms with Crippen molar-refractivity contribution in [2.75, 3.05) is 0 Å². The molecule has 1 aromatic heterocycles. The molecule has 0 aliphatic carbocycles. The van der Waals surface area contributed by atoms with Crippen molar-refractivity contribution in [2.45, 2.75) is 51.9 Å². The molecule has 1 aromatic carbocycles. The van der Waals surface area contributed by atoms with E-state index in [4.69, 9.17) is 9.47 Å². The number of halogens is 2. The summed E-state index contributed by atoms with van der Waals surface area (Å²) in [5.74, 6) is 5.53. The summed E-state index contributed by atoms with van der Waals surface area (Å²) >= 11 is 6.82. The van der Waals surface area contributed by atoms with Crippen molar-refractivity contribution >= 4 is 43.9 Å². The predicted octanol–water partition coefficient (Wildman–Crippen LogP) is 5.38. The van der Waals surface area contributed by atoms with Gasteiger partial charge < -0.3 is 14.8 Å². The molecule has 0 fully saturated rings. The van der Waals surface area contributed by atoms with Crippen molar-refractivity contribution in [1.29, 1.82) is 0 Å². The van der Waals surface area contributed by atoms with Gasteiger partial charge in [0.05, 0.1) is 14.5 Å². The van der Waals surface area contributed by atoms with Crippen LogP contribution in [0.3, 0.4) is 0 Å². The molecule has 8 heteroatoms. The highest BCUT2D eigenvalue weighted by Crippen LogP contribution is 2.22. The van der Waals surface area contributed by atoms with Gasteiger partial charge in [0, 0.05) is 18.8 Å². The number of carbonyl (C=O) groups is 2. The number of aromatic nitrogens is 1.